The van der Waals surface area contributed by atoms with E-state index >= 15 is 0 Å². The highest BCUT2D eigenvalue weighted by Crippen LogP contribution is 2.16. The van der Waals surface area contributed by atoms with E-state index in [0.717, 1.165) is 0 Å². The zero-order valence-electron chi connectivity index (χ0n) is 7.55. The van der Waals surface area contributed by atoms with Crippen LogP contribution in [0.5, 0.6) is 0 Å². The van der Waals surface area contributed by atoms with Crippen molar-refractivity contribution in [1.29, 1.82) is 0 Å². The molecule has 1 heterocycles. The summed E-state index contributed by atoms with van der Waals surface area (Å²) in [6, 6.07) is 0. The van der Waals surface area contributed by atoms with Crippen LogP contribution in [0.4, 0.5) is 0 Å². The molecule has 4 N–H and O–H groups in total. The van der Waals surface area contributed by atoms with Crippen molar-refractivity contribution in [2.45, 2.75) is 24.4 Å². The molecule has 0 aliphatic carbocycles. The second kappa shape index (κ2) is 4.70. The predicted molar refractivity (Wildman–Crippen MR) is 45.3 cm³/mol. The SMILES string of the molecule is O=S(=O)(O)OC[C@@H]1OC[C@@H](O)[C@H](O)[C@@H]1O. The molecule has 0 spiro atoms. The van der Waals surface area contributed by atoms with Gasteiger partial charge in [-0.15, -0.1) is 0 Å². The third-order valence-corrected chi connectivity index (χ3v) is 2.42. The molecule has 9 heteroatoms. The Morgan fingerprint density at radius 2 is 1.87 bits per heavy atom. The molecule has 0 amide bonds. The van der Waals surface area contributed by atoms with E-state index in [9.17, 15) is 18.6 Å². The first-order chi connectivity index (χ1) is 6.81. The maximum atomic E-state index is 10.2. The van der Waals surface area contributed by atoms with E-state index in [4.69, 9.17) is 14.4 Å². The molecule has 0 radical (unpaired) electrons. The summed E-state index contributed by atoms with van der Waals surface area (Å²) in [5.74, 6) is 0. The highest BCUT2D eigenvalue weighted by atomic mass is 32.3. The van der Waals surface area contributed by atoms with Crippen molar-refractivity contribution in [3.05, 3.63) is 0 Å². The van der Waals surface area contributed by atoms with Gasteiger partial charge in [-0.05, 0) is 0 Å². The molecule has 1 saturated heterocycles. The largest absolute Gasteiger partial charge is 0.397 e. The first-order valence-corrected chi connectivity index (χ1v) is 5.45. The van der Waals surface area contributed by atoms with Gasteiger partial charge in [0.2, 0.25) is 0 Å². The molecule has 15 heavy (non-hydrogen) atoms. The zero-order valence-corrected chi connectivity index (χ0v) is 8.37. The molecule has 0 saturated carbocycles. The minimum Gasteiger partial charge on any atom is -0.388 e. The standard InChI is InChI=1S/C6H12O8S/c7-3-1-13-4(6(9)5(3)8)2-14-15(10,11)12/h3-9H,1-2H2,(H,10,11,12)/t3-,4+,5+,6-/m1/s1. The van der Waals surface area contributed by atoms with Gasteiger partial charge in [0.15, 0.2) is 0 Å². The van der Waals surface area contributed by atoms with Crippen LogP contribution in [-0.2, 0) is 19.3 Å². The quantitative estimate of drug-likeness (QED) is 0.394. The molecule has 1 aliphatic heterocycles. The Labute approximate surface area is 86.0 Å². The van der Waals surface area contributed by atoms with Crippen molar-refractivity contribution in [3.8, 4) is 0 Å². The van der Waals surface area contributed by atoms with E-state index in [1.807, 2.05) is 0 Å². The van der Waals surface area contributed by atoms with E-state index < -0.39 is 41.4 Å². The van der Waals surface area contributed by atoms with Crippen LogP contribution in [0, 0.1) is 0 Å². The van der Waals surface area contributed by atoms with Crippen LogP contribution in [0.15, 0.2) is 0 Å². The van der Waals surface area contributed by atoms with Gasteiger partial charge in [0.1, 0.15) is 24.4 Å². The van der Waals surface area contributed by atoms with E-state index in [-0.39, 0.29) is 6.61 Å². The molecular weight excluding hydrogens is 232 g/mol. The van der Waals surface area contributed by atoms with Gasteiger partial charge in [-0.2, -0.15) is 8.42 Å². The molecule has 1 rings (SSSR count). The van der Waals surface area contributed by atoms with E-state index in [1.54, 1.807) is 0 Å². The van der Waals surface area contributed by atoms with Gasteiger partial charge in [0, 0.05) is 0 Å². The summed E-state index contributed by atoms with van der Waals surface area (Å²) >= 11 is 0. The fourth-order valence-electron chi connectivity index (χ4n) is 1.17. The first kappa shape index (κ1) is 12.8. The highest BCUT2D eigenvalue weighted by Gasteiger charge is 2.38. The van der Waals surface area contributed by atoms with Crippen LogP contribution >= 0.6 is 0 Å². The van der Waals surface area contributed by atoms with Crippen molar-refractivity contribution < 1.29 is 37.2 Å². The Morgan fingerprint density at radius 1 is 1.27 bits per heavy atom. The van der Waals surface area contributed by atoms with Gasteiger partial charge in [-0.25, -0.2) is 4.18 Å². The van der Waals surface area contributed by atoms with Gasteiger partial charge < -0.3 is 20.1 Å². The van der Waals surface area contributed by atoms with Crippen LogP contribution < -0.4 is 0 Å². The lowest BCUT2D eigenvalue weighted by molar-refractivity contribution is -0.193. The number of aliphatic hydroxyl groups is 3. The van der Waals surface area contributed by atoms with E-state index in [2.05, 4.69) is 4.18 Å². The van der Waals surface area contributed by atoms with Gasteiger partial charge in [0.25, 0.3) is 0 Å². The van der Waals surface area contributed by atoms with Crippen LogP contribution in [-0.4, -0.2) is 65.9 Å². The molecule has 90 valence electrons. The Bertz CT molecular complexity index is 300. The third-order valence-electron chi connectivity index (χ3n) is 1.99. The number of aliphatic hydroxyl groups excluding tert-OH is 3. The maximum absolute atomic E-state index is 10.2. The highest BCUT2D eigenvalue weighted by molar-refractivity contribution is 7.80. The molecule has 0 unspecified atom stereocenters. The molecule has 1 aliphatic rings. The minimum absolute atomic E-state index is 0.252. The van der Waals surface area contributed by atoms with Crippen molar-refractivity contribution in [3.63, 3.8) is 0 Å². The summed E-state index contributed by atoms with van der Waals surface area (Å²) in [7, 11) is -4.61. The van der Waals surface area contributed by atoms with E-state index in [0.29, 0.717) is 0 Å². The van der Waals surface area contributed by atoms with Crippen LogP contribution in [0.1, 0.15) is 0 Å². The lowest BCUT2D eigenvalue weighted by Gasteiger charge is -2.34. The van der Waals surface area contributed by atoms with Crippen molar-refractivity contribution >= 4 is 10.4 Å². The summed E-state index contributed by atoms with van der Waals surface area (Å²) < 4.78 is 37.5. The summed E-state index contributed by atoms with van der Waals surface area (Å²) in [5, 5.41) is 27.6. The van der Waals surface area contributed by atoms with Gasteiger partial charge >= 0.3 is 10.4 Å². The maximum Gasteiger partial charge on any atom is 0.397 e. The molecule has 0 aromatic rings. The molecule has 4 atom stereocenters. The molecule has 0 bridgehead atoms. The zero-order chi connectivity index (χ0) is 11.6. The first-order valence-electron chi connectivity index (χ1n) is 4.09. The van der Waals surface area contributed by atoms with Gasteiger partial charge in [-0.1, -0.05) is 0 Å². The van der Waals surface area contributed by atoms with Crippen molar-refractivity contribution in [2.24, 2.45) is 0 Å². The summed E-state index contributed by atoms with van der Waals surface area (Å²) in [4.78, 5) is 0. The second-order valence-corrected chi connectivity index (χ2v) is 4.22. The topological polar surface area (TPSA) is 134 Å². The molecule has 1 fully saturated rings. The van der Waals surface area contributed by atoms with E-state index in [1.165, 1.54) is 0 Å². The third kappa shape index (κ3) is 3.65. The Balaban J connectivity index is 2.50. The summed E-state index contributed by atoms with van der Waals surface area (Å²) in [6.45, 7) is -0.887. The average Bonchev–Trinajstić information content (AvgIpc) is 2.12. The number of hydrogen-bond donors (Lipinski definition) is 4. The molecular formula is C6H12O8S. The fraction of sp³-hybridized carbons (Fsp3) is 1.00. The van der Waals surface area contributed by atoms with Gasteiger partial charge in [0.05, 0.1) is 13.2 Å². The summed E-state index contributed by atoms with van der Waals surface area (Å²) in [5.41, 5.74) is 0. The van der Waals surface area contributed by atoms with Crippen molar-refractivity contribution in [1.82, 2.24) is 0 Å². The fourth-order valence-corrected chi connectivity index (χ4v) is 1.47. The lowest BCUT2D eigenvalue weighted by atomic mass is 10.0. The predicted octanol–water partition coefficient (Wildman–Crippen LogP) is -2.71. The van der Waals surface area contributed by atoms with Crippen LogP contribution in [0.2, 0.25) is 0 Å². The average molecular weight is 244 g/mol. The number of ether oxygens (including phenoxy) is 1. The smallest absolute Gasteiger partial charge is 0.388 e. The Kier molecular flexibility index (Phi) is 4.00. The number of rotatable bonds is 3. The monoisotopic (exact) mass is 244 g/mol. The second-order valence-electron chi connectivity index (χ2n) is 3.13. The molecule has 0 aromatic carbocycles. The molecule has 0 aromatic heterocycles. The van der Waals surface area contributed by atoms with Gasteiger partial charge in [-0.3, -0.25) is 4.55 Å². The molecule has 8 nitrogen and oxygen atoms in total. The van der Waals surface area contributed by atoms with Crippen LogP contribution in [0.3, 0.4) is 0 Å². The van der Waals surface area contributed by atoms with Crippen LogP contribution in [0.25, 0.3) is 0 Å². The Hall–Kier alpha value is -0.290. The normalized spacial score (nSPS) is 37.9. The summed E-state index contributed by atoms with van der Waals surface area (Å²) in [6.07, 6.45) is -5.27. The Morgan fingerprint density at radius 3 is 2.40 bits per heavy atom. The van der Waals surface area contributed by atoms with Crippen molar-refractivity contribution in [2.75, 3.05) is 13.2 Å². The number of hydrogen-bond acceptors (Lipinski definition) is 7. The minimum atomic E-state index is -4.61. The lowest BCUT2D eigenvalue weighted by Crippen LogP contribution is -2.54.